The van der Waals surface area contributed by atoms with E-state index >= 15 is 0 Å². The average Bonchev–Trinajstić information content (AvgIpc) is 2.63. The monoisotopic (exact) mass is 225 g/mol. The van der Waals surface area contributed by atoms with Crippen LogP contribution in [0.2, 0.25) is 5.15 Å². The Morgan fingerprint density at radius 1 is 1.27 bits per heavy atom. The number of rotatable bonds is 3. The van der Waals surface area contributed by atoms with Crippen LogP contribution in [-0.2, 0) is 19.3 Å². The van der Waals surface area contributed by atoms with Gasteiger partial charge in [-0.3, -0.25) is 0 Å². The number of hydrogen-bond acceptors (Lipinski definition) is 3. The summed E-state index contributed by atoms with van der Waals surface area (Å²) in [7, 11) is 4.10. The third kappa shape index (κ3) is 2.47. The van der Waals surface area contributed by atoms with Gasteiger partial charge in [-0.2, -0.15) is 0 Å². The minimum atomic E-state index is 0.672. The van der Waals surface area contributed by atoms with Gasteiger partial charge in [-0.05, 0) is 33.4 Å². The third-order valence-corrected chi connectivity index (χ3v) is 3.02. The van der Waals surface area contributed by atoms with Crippen LogP contribution in [-0.4, -0.2) is 35.5 Å². The van der Waals surface area contributed by atoms with Gasteiger partial charge in [0.2, 0.25) is 0 Å². The van der Waals surface area contributed by atoms with E-state index in [1.807, 2.05) is 0 Å². The molecule has 15 heavy (non-hydrogen) atoms. The van der Waals surface area contributed by atoms with E-state index in [2.05, 4.69) is 29.0 Å². The lowest BCUT2D eigenvalue weighted by Crippen LogP contribution is -2.16. The lowest BCUT2D eigenvalue weighted by atomic mass is 10.2. The molecule has 0 bridgehead atoms. The first-order valence-corrected chi connectivity index (χ1v) is 5.73. The van der Waals surface area contributed by atoms with Crippen LogP contribution in [0.5, 0.6) is 0 Å². The summed E-state index contributed by atoms with van der Waals surface area (Å²) < 4.78 is 0. The fourth-order valence-corrected chi connectivity index (χ4v) is 2.17. The van der Waals surface area contributed by atoms with E-state index < -0.39 is 0 Å². The molecule has 1 aromatic heterocycles. The molecule has 0 atom stereocenters. The van der Waals surface area contributed by atoms with Crippen molar-refractivity contribution in [1.29, 1.82) is 0 Å². The summed E-state index contributed by atoms with van der Waals surface area (Å²) in [5, 5.41) is 0.672. The summed E-state index contributed by atoms with van der Waals surface area (Å²) in [5.41, 5.74) is 2.34. The van der Waals surface area contributed by atoms with Crippen LogP contribution in [0.3, 0.4) is 0 Å². The molecule has 0 spiro atoms. The number of aromatic nitrogens is 2. The molecule has 0 N–H and O–H groups in total. The van der Waals surface area contributed by atoms with Crippen LogP contribution < -0.4 is 0 Å². The molecule has 0 saturated carbocycles. The molecule has 0 amide bonds. The Kier molecular flexibility index (Phi) is 3.22. The molecule has 1 aliphatic rings. The molecule has 82 valence electrons. The fraction of sp³-hybridized carbons (Fsp3) is 0.636. The average molecular weight is 226 g/mol. The zero-order valence-electron chi connectivity index (χ0n) is 9.26. The molecule has 4 heteroatoms. The molecule has 0 fully saturated rings. The van der Waals surface area contributed by atoms with Crippen LogP contribution in [0.15, 0.2) is 0 Å². The van der Waals surface area contributed by atoms with Crippen molar-refractivity contribution in [2.75, 3.05) is 20.6 Å². The Labute approximate surface area is 95.5 Å². The lowest BCUT2D eigenvalue weighted by molar-refractivity contribution is 0.409. The standard InChI is InChI=1S/C11H16ClN3/c1-15(2)7-6-10-13-9-5-3-4-8(9)11(12)14-10/h3-7H2,1-2H3. The van der Waals surface area contributed by atoms with Crippen molar-refractivity contribution >= 4 is 11.6 Å². The first-order chi connectivity index (χ1) is 7.16. The first-order valence-electron chi connectivity index (χ1n) is 5.35. The highest BCUT2D eigenvalue weighted by molar-refractivity contribution is 6.30. The fourth-order valence-electron chi connectivity index (χ4n) is 1.87. The Morgan fingerprint density at radius 3 is 2.80 bits per heavy atom. The largest absolute Gasteiger partial charge is 0.309 e. The van der Waals surface area contributed by atoms with Crippen molar-refractivity contribution in [3.63, 3.8) is 0 Å². The number of fused-ring (bicyclic) bond motifs is 1. The van der Waals surface area contributed by atoms with Crippen LogP contribution in [0.25, 0.3) is 0 Å². The van der Waals surface area contributed by atoms with Gasteiger partial charge >= 0.3 is 0 Å². The Morgan fingerprint density at radius 2 is 2.07 bits per heavy atom. The van der Waals surface area contributed by atoms with Gasteiger partial charge in [-0.1, -0.05) is 11.6 Å². The third-order valence-electron chi connectivity index (χ3n) is 2.71. The summed E-state index contributed by atoms with van der Waals surface area (Å²) in [6.07, 6.45) is 4.15. The SMILES string of the molecule is CN(C)CCc1nc(Cl)c2c(n1)CCC2. The van der Waals surface area contributed by atoms with E-state index in [-0.39, 0.29) is 0 Å². The maximum Gasteiger partial charge on any atom is 0.136 e. The van der Waals surface area contributed by atoms with Gasteiger partial charge in [0.25, 0.3) is 0 Å². The number of likely N-dealkylation sites (N-methyl/N-ethyl adjacent to an activating group) is 1. The van der Waals surface area contributed by atoms with Crippen molar-refractivity contribution in [2.24, 2.45) is 0 Å². The minimum Gasteiger partial charge on any atom is -0.309 e. The van der Waals surface area contributed by atoms with Gasteiger partial charge in [0.15, 0.2) is 0 Å². The molecular formula is C11H16ClN3. The van der Waals surface area contributed by atoms with Gasteiger partial charge in [0, 0.05) is 24.2 Å². The van der Waals surface area contributed by atoms with Crippen molar-refractivity contribution < 1.29 is 0 Å². The number of hydrogen-bond donors (Lipinski definition) is 0. The molecule has 0 saturated heterocycles. The van der Waals surface area contributed by atoms with Crippen molar-refractivity contribution in [3.05, 3.63) is 22.2 Å². The second-order valence-electron chi connectivity index (χ2n) is 4.26. The van der Waals surface area contributed by atoms with Crippen LogP contribution in [0, 0.1) is 0 Å². The molecule has 1 heterocycles. The van der Waals surface area contributed by atoms with Crippen LogP contribution >= 0.6 is 11.6 Å². The summed E-state index contributed by atoms with van der Waals surface area (Å²) in [6, 6.07) is 0. The molecule has 0 aliphatic heterocycles. The smallest absolute Gasteiger partial charge is 0.136 e. The topological polar surface area (TPSA) is 29.0 Å². The van der Waals surface area contributed by atoms with Crippen LogP contribution in [0.4, 0.5) is 0 Å². The van der Waals surface area contributed by atoms with Gasteiger partial charge < -0.3 is 4.90 Å². The van der Waals surface area contributed by atoms with Crippen molar-refractivity contribution in [2.45, 2.75) is 25.7 Å². The molecule has 0 unspecified atom stereocenters. The predicted molar refractivity (Wildman–Crippen MR) is 61.3 cm³/mol. The second kappa shape index (κ2) is 4.45. The highest BCUT2D eigenvalue weighted by Gasteiger charge is 2.17. The summed E-state index contributed by atoms with van der Waals surface area (Å²) in [6.45, 7) is 0.967. The van der Waals surface area contributed by atoms with Gasteiger partial charge in [0.05, 0.1) is 0 Å². The molecule has 0 aromatic carbocycles. The zero-order chi connectivity index (χ0) is 10.8. The summed E-state index contributed by atoms with van der Waals surface area (Å²) >= 11 is 6.13. The van der Waals surface area contributed by atoms with E-state index in [1.54, 1.807) is 0 Å². The second-order valence-corrected chi connectivity index (χ2v) is 4.62. The Hall–Kier alpha value is -0.670. The van der Waals surface area contributed by atoms with Gasteiger partial charge in [0.1, 0.15) is 11.0 Å². The molecule has 1 aliphatic carbocycles. The lowest BCUT2D eigenvalue weighted by Gasteiger charge is -2.09. The van der Waals surface area contributed by atoms with E-state index in [1.165, 1.54) is 17.7 Å². The van der Waals surface area contributed by atoms with E-state index in [0.717, 1.165) is 31.6 Å². The van der Waals surface area contributed by atoms with E-state index in [4.69, 9.17) is 11.6 Å². The quantitative estimate of drug-likeness (QED) is 0.734. The molecule has 1 aromatic rings. The molecular weight excluding hydrogens is 210 g/mol. The highest BCUT2D eigenvalue weighted by Crippen LogP contribution is 2.25. The van der Waals surface area contributed by atoms with E-state index in [9.17, 15) is 0 Å². The highest BCUT2D eigenvalue weighted by atomic mass is 35.5. The number of nitrogens with zero attached hydrogens (tertiary/aromatic N) is 3. The van der Waals surface area contributed by atoms with E-state index in [0.29, 0.717) is 5.15 Å². The molecule has 3 nitrogen and oxygen atoms in total. The molecule has 2 rings (SSSR count). The minimum absolute atomic E-state index is 0.672. The summed E-state index contributed by atoms with van der Waals surface area (Å²) in [5.74, 6) is 0.884. The predicted octanol–water partition coefficient (Wildman–Crippen LogP) is 1.72. The van der Waals surface area contributed by atoms with Gasteiger partial charge in [-0.25, -0.2) is 9.97 Å². The summed E-state index contributed by atoms with van der Waals surface area (Å²) in [4.78, 5) is 11.0. The Bertz CT molecular complexity index is 363. The normalized spacial score (nSPS) is 14.7. The molecule has 0 radical (unpaired) electrons. The zero-order valence-corrected chi connectivity index (χ0v) is 10.0. The number of aryl methyl sites for hydroxylation is 1. The number of halogens is 1. The van der Waals surface area contributed by atoms with Crippen LogP contribution in [0.1, 0.15) is 23.5 Å². The van der Waals surface area contributed by atoms with Crippen molar-refractivity contribution in [3.8, 4) is 0 Å². The maximum absolute atomic E-state index is 6.13. The van der Waals surface area contributed by atoms with Crippen molar-refractivity contribution in [1.82, 2.24) is 14.9 Å². The Balaban J connectivity index is 2.16. The van der Waals surface area contributed by atoms with Gasteiger partial charge in [-0.15, -0.1) is 0 Å². The first kappa shape index (κ1) is 10.8. The maximum atomic E-state index is 6.13.